The SMILES string of the molecule is N#Cc1cc(S(=O)(=O)NC2CCCS(=O)(=O)C2)ccc1F. The van der Waals surface area contributed by atoms with Crippen LogP contribution in [0.5, 0.6) is 0 Å². The van der Waals surface area contributed by atoms with Crippen LogP contribution in [0, 0.1) is 17.1 Å². The van der Waals surface area contributed by atoms with Crippen molar-refractivity contribution < 1.29 is 21.2 Å². The number of halogens is 1. The molecule has 0 saturated carbocycles. The molecule has 1 unspecified atom stereocenters. The molecular weight excluding hydrogens is 319 g/mol. The highest BCUT2D eigenvalue weighted by Gasteiger charge is 2.29. The molecule has 1 fully saturated rings. The summed E-state index contributed by atoms with van der Waals surface area (Å²) in [6.07, 6.45) is 0.813. The summed E-state index contributed by atoms with van der Waals surface area (Å²) in [7, 11) is -7.24. The maximum atomic E-state index is 13.2. The second-order valence-corrected chi connectivity index (χ2v) is 8.77. The van der Waals surface area contributed by atoms with E-state index in [4.69, 9.17) is 5.26 Å². The first-order chi connectivity index (χ1) is 9.73. The second-order valence-electron chi connectivity index (χ2n) is 4.83. The summed E-state index contributed by atoms with van der Waals surface area (Å²) in [5.41, 5.74) is -0.380. The van der Waals surface area contributed by atoms with E-state index in [0.717, 1.165) is 18.2 Å². The van der Waals surface area contributed by atoms with E-state index in [1.54, 1.807) is 6.07 Å². The van der Waals surface area contributed by atoms with Crippen LogP contribution in [-0.2, 0) is 19.9 Å². The quantitative estimate of drug-likeness (QED) is 0.870. The van der Waals surface area contributed by atoms with Gasteiger partial charge in [0.05, 0.1) is 22.0 Å². The monoisotopic (exact) mass is 332 g/mol. The Morgan fingerprint density at radius 2 is 2.10 bits per heavy atom. The molecule has 1 aromatic carbocycles. The summed E-state index contributed by atoms with van der Waals surface area (Å²) in [5.74, 6) is -1.00. The number of nitrogens with one attached hydrogen (secondary N) is 1. The zero-order chi connectivity index (χ0) is 15.7. The zero-order valence-electron chi connectivity index (χ0n) is 10.9. The van der Waals surface area contributed by atoms with Crippen molar-refractivity contribution in [2.24, 2.45) is 0 Å². The largest absolute Gasteiger partial charge is 0.240 e. The van der Waals surface area contributed by atoms with Crippen LogP contribution in [0.2, 0.25) is 0 Å². The molecule has 1 heterocycles. The van der Waals surface area contributed by atoms with Crippen LogP contribution in [0.15, 0.2) is 23.1 Å². The molecule has 1 N–H and O–H groups in total. The fraction of sp³-hybridized carbons (Fsp3) is 0.417. The number of hydrogen-bond acceptors (Lipinski definition) is 5. The lowest BCUT2D eigenvalue weighted by Gasteiger charge is -2.22. The van der Waals surface area contributed by atoms with Gasteiger partial charge in [-0.05, 0) is 31.0 Å². The minimum atomic E-state index is -3.99. The van der Waals surface area contributed by atoms with Gasteiger partial charge in [-0.25, -0.2) is 25.9 Å². The van der Waals surface area contributed by atoms with Crippen LogP contribution in [0.4, 0.5) is 4.39 Å². The Labute approximate surface area is 122 Å². The summed E-state index contributed by atoms with van der Waals surface area (Å²) >= 11 is 0. The number of benzene rings is 1. The first kappa shape index (κ1) is 15.9. The third-order valence-corrected chi connectivity index (χ3v) is 6.49. The van der Waals surface area contributed by atoms with Gasteiger partial charge in [-0.15, -0.1) is 0 Å². The maximum absolute atomic E-state index is 13.2. The van der Waals surface area contributed by atoms with Crippen LogP contribution in [-0.4, -0.2) is 34.4 Å². The maximum Gasteiger partial charge on any atom is 0.240 e. The molecule has 0 aliphatic carbocycles. The van der Waals surface area contributed by atoms with Crippen molar-refractivity contribution in [3.8, 4) is 6.07 Å². The number of rotatable bonds is 3. The molecule has 1 aliphatic heterocycles. The molecule has 6 nitrogen and oxygen atoms in total. The lowest BCUT2D eigenvalue weighted by molar-refractivity contribution is 0.517. The van der Waals surface area contributed by atoms with Gasteiger partial charge in [-0.1, -0.05) is 0 Å². The van der Waals surface area contributed by atoms with Crippen molar-refractivity contribution in [3.05, 3.63) is 29.6 Å². The predicted octanol–water partition coefficient (Wildman–Crippen LogP) is 0.553. The average molecular weight is 332 g/mol. The smallest absolute Gasteiger partial charge is 0.229 e. The van der Waals surface area contributed by atoms with E-state index in [2.05, 4.69) is 4.72 Å². The summed E-state index contributed by atoms with van der Waals surface area (Å²) in [6, 6.07) is 3.71. The van der Waals surface area contributed by atoms with Crippen molar-refractivity contribution >= 4 is 19.9 Å². The first-order valence-electron chi connectivity index (χ1n) is 6.16. The van der Waals surface area contributed by atoms with Gasteiger partial charge in [0.15, 0.2) is 9.84 Å². The molecule has 114 valence electrons. The van der Waals surface area contributed by atoms with E-state index in [0.29, 0.717) is 12.8 Å². The Morgan fingerprint density at radius 3 is 2.71 bits per heavy atom. The van der Waals surface area contributed by atoms with E-state index in [1.807, 2.05) is 0 Å². The molecule has 21 heavy (non-hydrogen) atoms. The lowest BCUT2D eigenvalue weighted by Crippen LogP contribution is -2.43. The number of nitrogens with zero attached hydrogens (tertiary/aromatic N) is 1. The number of sulfone groups is 1. The highest BCUT2D eigenvalue weighted by atomic mass is 32.2. The average Bonchev–Trinajstić information content (AvgIpc) is 2.37. The highest BCUT2D eigenvalue weighted by molar-refractivity contribution is 7.91. The Bertz CT molecular complexity index is 797. The summed E-state index contributed by atoms with van der Waals surface area (Å²) in [4.78, 5) is -0.261. The van der Waals surface area contributed by atoms with Gasteiger partial charge in [-0.2, -0.15) is 5.26 Å². The van der Waals surface area contributed by atoms with Crippen molar-refractivity contribution in [2.75, 3.05) is 11.5 Å². The number of hydrogen-bond donors (Lipinski definition) is 1. The Hall–Kier alpha value is -1.50. The zero-order valence-corrected chi connectivity index (χ0v) is 12.5. The van der Waals surface area contributed by atoms with Crippen molar-refractivity contribution in [3.63, 3.8) is 0 Å². The highest BCUT2D eigenvalue weighted by Crippen LogP contribution is 2.18. The number of nitriles is 1. The van der Waals surface area contributed by atoms with Gasteiger partial charge in [0, 0.05) is 6.04 Å². The fourth-order valence-electron chi connectivity index (χ4n) is 2.16. The van der Waals surface area contributed by atoms with Gasteiger partial charge in [0.25, 0.3) is 0 Å². The van der Waals surface area contributed by atoms with Crippen molar-refractivity contribution in [1.82, 2.24) is 4.72 Å². The molecule has 1 aromatic rings. The third kappa shape index (κ3) is 3.78. The van der Waals surface area contributed by atoms with Crippen LogP contribution in [0.25, 0.3) is 0 Å². The van der Waals surface area contributed by atoms with Crippen molar-refractivity contribution in [1.29, 1.82) is 5.26 Å². The van der Waals surface area contributed by atoms with E-state index in [1.165, 1.54) is 0 Å². The van der Waals surface area contributed by atoms with Gasteiger partial charge < -0.3 is 0 Å². The lowest BCUT2D eigenvalue weighted by atomic mass is 10.2. The van der Waals surface area contributed by atoms with Crippen LogP contribution >= 0.6 is 0 Å². The summed E-state index contributed by atoms with van der Waals surface area (Å²) in [5, 5.41) is 8.71. The van der Waals surface area contributed by atoms with Gasteiger partial charge >= 0.3 is 0 Å². The van der Waals surface area contributed by atoms with Gasteiger partial charge in [0.1, 0.15) is 11.9 Å². The molecule has 0 spiro atoms. The Kier molecular flexibility index (Phi) is 4.32. The van der Waals surface area contributed by atoms with Gasteiger partial charge in [-0.3, -0.25) is 0 Å². The molecule has 1 atom stereocenters. The molecule has 9 heteroatoms. The van der Waals surface area contributed by atoms with Crippen LogP contribution in [0.3, 0.4) is 0 Å². The predicted molar refractivity (Wildman–Crippen MR) is 73.1 cm³/mol. The molecule has 0 bridgehead atoms. The molecule has 1 saturated heterocycles. The first-order valence-corrected chi connectivity index (χ1v) is 9.46. The normalized spacial score (nSPS) is 21.6. The minimum Gasteiger partial charge on any atom is -0.229 e. The summed E-state index contributed by atoms with van der Waals surface area (Å²) < 4.78 is 62.8. The van der Waals surface area contributed by atoms with Gasteiger partial charge in [0.2, 0.25) is 10.0 Å². The molecule has 2 rings (SSSR count). The fourth-order valence-corrected chi connectivity index (χ4v) is 5.20. The van der Waals surface area contributed by atoms with E-state index in [-0.39, 0.29) is 22.0 Å². The molecule has 0 radical (unpaired) electrons. The van der Waals surface area contributed by atoms with E-state index >= 15 is 0 Å². The summed E-state index contributed by atoms with van der Waals surface area (Å²) in [6.45, 7) is 0. The number of sulfonamides is 1. The topological polar surface area (TPSA) is 104 Å². The second kappa shape index (κ2) is 5.71. The molecule has 1 aliphatic rings. The molecule has 0 amide bonds. The molecule has 0 aromatic heterocycles. The standard InChI is InChI=1S/C12H13FN2O4S2/c13-12-4-3-11(6-9(12)7-14)21(18,19)15-10-2-1-5-20(16,17)8-10/h3-4,6,10,15H,1-2,5,8H2. The van der Waals surface area contributed by atoms with E-state index in [9.17, 15) is 21.2 Å². The van der Waals surface area contributed by atoms with Crippen LogP contribution < -0.4 is 4.72 Å². The van der Waals surface area contributed by atoms with Crippen LogP contribution in [0.1, 0.15) is 18.4 Å². The Morgan fingerprint density at radius 1 is 1.38 bits per heavy atom. The third-order valence-electron chi connectivity index (χ3n) is 3.15. The molecular formula is C12H13FN2O4S2. The minimum absolute atomic E-state index is 0.0559. The van der Waals surface area contributed by atoms with Crippen molar-refractivity contribution in [2.45, 2.75) is 23.8 Å². The Balaban J connectivity index is 2.25. The van der Waals surface area contributed by atoms with E-state index < -0.39 is 31.7 Å².